The minimum absolute atomic E-state index is 0.0101. The second-order valence-electron chi connectivity index (χ2n) is 6.92. The molecule has 0 aliphatic heterocycles. The Morgan fingerprint density at radius 2 is 1.61 bits per heavy atom. The van der Waals surface area contributed by atoms with Crippen molar-refractivity contribution in [2.75, 3.05) is 17.2 Å². The Labute approximate surface area is 168 Å². The molecule has 0 saturated heterocycles. The number of carbonyl (C=O) groups excluding carboxylic acids is 3. The number of carbonyl (C=O) groups is 3. The van der Waals surface area contributed by atoms with Gasteiger partial charge in [-0.05, 0) is 48.7 Å². The SMILES string of the molecule is C[C@@H]1C[C@@H]1C(=O)NCCC(=O)Nc1ccccc1NC(=O)c1ccc(Cl)cc1. The summed E-state index contributed by atoms with van der Waals surface area (Å²) in [6.45, 7) is 2.32. The van der Waals surface area contributed by atoms with Gasteiger partial charge in [0.05, 0.1) is 11.4 Å². The molecule has 7 heteroatoms. The molecule has 6 nitrogen and oxygen atoms in total. The number of benzene rings is 2. The van der Waals surface area contributed by atoms with Gasteiger partial charge in [0.25, 0.3) is 5.91 Å². The lowest BCUT2D eigenvalue weighted by Crippen LogP contribution is -2.29. The molecule has 2 aromatic carbocycles. The number of rotatable bonds is 7. The summed E-state index contributed by atoms with van der Waals surface area (Å²) in [6, 6.07) is 13.5. The maximum Gasteiger partial charge on any atom is 0.255 e. The molecule has 1 saturated carbocycles. The lowest BCUT2D eigenvalue weighted by molar-refractivity contribution is -0.122. The minimum atomic E-state index is -0.302. The first-order chi connectivity index (χ1) is 13.4. The number of amides is 3. The number of hydrogen-bond donors (Lipinski definition) is 3. The van der Waals surface area contributed by atoms with Gasteiger partial charge in [-0.15, -0.1) is 0 Å². The zero-order valence-corrected chi connectivity index (χ0v) is 16.3. The molecule has 28 heavy (non-hydrogen) atoms. The van der Waals surface area contributed by atoms with Crippen molar-refractivity contribution in [3.05, 3.63) is 59.1 Å². The van der Waals surface area contributed by atoms with E-state index >= 15 is 0 Å². The molecule has 3 N–H and O–H groups in total. The Bertz CT molecular complexity index is 883. The summed E-state index contributed by atoms with van der Waals surface area (Å²) in [7, 11) is 0. The highest BCUT2D eigenvalue weighted by Crippen LogP contribution is 2.37. The van der Waals surface area contributed by atoms with Crippen LogP contribution in [-0.2, 0) is 9.59 Å². The third-order valence-electron chi connectivity index (χ3n) is 4.65. The number of anilines is 2. The second kappa shape index (κ2) is 8.89. The fourth-order valence-corrected chi connectivity index (χ4v) is 2.95. The van der Waals surface area contributed by atoms with E-state index in [0.717, 1.165) is 6.42 Å². The van der Waals surface area contributed by atoms with Gasteiger partial charge in [0.1, 0.15) is 0 Å². The summed E-state index contributed by atoms with van der Waals surface area (Å²) in [5, 5.41) is 8.90. The molecular weight excluding hydrogens is 378 g/mol. The standard InChI is InChI=1S/C21H22ClN3O3/c1-13-12-16(13)21(28)23-11-10-19(26)24-17-4-2-3-5-18(17)25-20(27)14-6-8-15(22)9-7-14/h2-9,13,16H,10-12H2,1H3,(H,23,28)(H,24,26)(H,25,27)/t13-,16+/m1/s1. The summed E-state index contributed by atoms with van der Waals surface area (Å²) in [5.41, 5.74) is 1.45. The summed E-state index contributed by atoms with van der Waals surface area (Å²) in [5.74, 6) is -0.00531. The zero-order chi connectivity index (χ0) is 20.1. The monoisotopic (exact) mass is 399 g/mol. The quantitative estimate of drug-likeness (QED) is 0.663. The van der Waals surface area contributed by atoms with E-state index in [0.29, 0.717) is 27.9 Å². The van der Waals surface area contributed by atoms with E-state index in [1.807, 2.05) is 6.92 Å². The second-order valence-corrected chi connectivity index (χ2v) is 7.35. The van der Waals surface area contributed by atoms with Crippen LogP contribution in [0.15, 0.2) is 48.5 Å². The Kier molecular flexibility index (Phi) is 6.31. The molecule has 1 fully saturated rings. The van der Waals surface area contributed by atoms with Gasteiger partial charge >= 0.3 is 0 Å². The van der Waals surface area contributed by atoms with Crippen LogP contribution in [0.1, 0.15) is 30.1 Å². The lowest BCUT2D eigenvalue weighted by Gasteiger charge is -2.12. The maximum absolute atomic E-state index is 12.4. The van der Waals surface area contributed by atoms with Gasteiger partial charge < -0.3 is 16.0 Å². The van der Waals surface area contributed by atoms with Gasteiger partial charge in [-0.25, -0.2) is 0 Å². The lowest BCUT2D eigenvalue weighted by atomic mass is 10.2. The van der Waals surface area contributed by atoms with E-state index in [9.17, 15) is 14.4 Å². The Morgan fingerprint density at radius 1 is 1.00 bits per heavy atom. The molecule has 0 unspecified atom stereocenters. The zero-order valence-electron chi connectivity index (χ0n) is 15.5. The third-order valence-corrected chi connectivity index (χ3v) is 4.91. The molecule has 0 aromatic heterocycles. The Balaban J connectivity index is 1.54. The van der Waals surface area contributed by atoms with Crippen molar-refractivity contribution in [2.24, 2.45) is 11.8 Å². The molecule has 2 aromatic rings. The van der Waals surface area contributed by atoms with Gasteiger partial charge in [0.15, 0.2) is 0 Å². The van der Waals surface area contributed by atoms with E-state index in [-0.39, 0.29) is 36.6 Å². The molecular formula is C21H22ClN3O3. The van der Waals surface area contributed by atoms with Crippen LogP contribution in [0, 0.1) is 11.8 Å². The van der Waals surface area contributed by atoms with E-state index in [2.05, 4.69) is 16.0 Å². The Morgan fingerprint density at radius 3 is 2.21 bits per heavy atom. The molecule has 3 amide bonds. The van der Waals surface area contributed by atoms with E-state index in [1.165, 1.54) is 0 Å². The van der Waals surface area contributed by atoms with Crippen LogP contribution >= 0.6 is 11.6 Å². The molecule has 1 aliphatic carbocycles. The van der Waals surface area contributed by atoms with Crippen LogP contribution in [0.25, 0.3) is 0 Å². The van der Waals surface area contributed by atoms with Gasteiger partial charge in [0.2, 0.25) is 11.8 Å². The largest absolute Gasteiger partial charge is 0.355 e. The fraction of sp³-hybridized carbons (Fsp3) is 0.286. The fourth-order valence-electron chi connectivity index (χ4n) is 2.83. The maximum atomic E-state index is 12.4. The van der Waals surface area contributed by atoms with Crippen molar-refractivity contribution in [3.8, 4) is 0 Å². The highest BCUT2D eigenvalue weighted by atomic mass is 35.5. The minimum Gasteiger partial charge on any atom is -0.355 e. The van der Waals surface area contributed by atoms with Gasteiger partial charge in [0, 0.05) is 29.5 Å². The van der Waals surface area contributed by atoms with Crippen molar-refractivity contribution in [2.45, 2.75) is 19.8 Å². The van der Waals surface area contributed by atoms with Crippen LogP contribution in [0.2, 0.25) is 5.02 Å². The molecule has 146 valence electrons. The molecule has 3 rings (SSSR count). The van der Waals surface area contributed by atoms with Crippen molar-refractivity contribution in [1.29, 1.82) is 0 Å². The molecule has 0 spiro atoms. The van der Waals surface area contributed by atoms with E-state index in [1.54, 1.807) is 48.5 Å². The van der Waals surface area contributed by atoms with Gasteiger partial charge in [-0.3, -0.25) is 14.4 Å². The summed E-state index contributed by atoms with van der Waals surface area (Å²) < 4.78 is 0. The molecule has 0 bridgehead atoms. The van der Waals surface area contributed by atoms with Crippen LogP contribution in [0.3, 0.4) is 0 Å². The van der Waals surface area contributed by atoms with Crippen LogP contribution in [-0.4, -0.2) is 24.3 Å². The topological polar surface area (TPSA) is 87.3 Å². The third kappa shape index (κ3) is 5.33. The first-order valence-corrected chi connectivity index (χ1v) is 9.55. The van der Waals surface area contributed by atoms with Crippen LogP contribution in [0.4, 0.5) is 11.4 Å². The Hall–Kier alpha value is -2.86. The molecule has 2 atom stereocenters. The van der Waals surface area contributed by atoms with Crippen molar-refractivity contribution in [1.82, 2.24) is 5.32 Å². The van der Waals surface area contributed by atoms with Crippen LogP contribution < -0.4 is 16.0 Å². The van der Waals surface area contributed by atoms with E-state index in [4.69, 9.17) is 11.6 Å². The van der Waals surface area contributed by atoms with Crippen molar-refractivity contribution < 1.29 is 14.4 Å². The number of hydrogen-bond acceptors (Lipinski definition) is 3. The average Bonchev–Trinajstić information content (AvgIpc) is 3.40. The highest BCUT2D eigenvalue weighted by molar-refractivity contribution is 6.30. The van der Waals surface area contributed by atoms with Gasteiger partial charge in [-0.2, -0.15) is 0 Å². The van der Waals surface area contributed by atoms with Crippen molar-refractivity contribution >= 4 is 40.7 Å². The first kappa shape index (κ1) is 19.9. The van der Waals surface area contributed by atoms with Gasteiger partial charge in [-0.1, -0.05) is 30.7 Å². The summed E-state index contributed by atoms with van der Waals surface area (Å²) in [6.07, 6.45) is 1.07. The van der Waals surface area contributed by atoms with Crippen molar-refractivity contribution in [3.63, 3.8) is 0 Å². The smallest absolute Gasteiger partial charge is 0.255 e. The van der Waals surface area contributed by atoms with Crippen LogP contribution in [0.5, 0.6) is 0 Å². The molecule has 0 radical (unpaired) electrons. The average molecular weight is 400 g/mol. The summed E-state index contributed by atoms with van der Waals surface area (Å²) >= 11 is 5.84. The van der Waals surface area contributed by atoms with E-state index < -0.39 is 0 Å². The first-order valence-electron chi connectivity index (χ1n) is 9.17. The molecule has 1 aliphatic rings. The number of halogens is 1. The molecule has 0 heterocycles. The predicted octanol–water partition coefficient (Wildman–Crippen LogP) is 3.69. The summed E-state index contributed by atoms with van der Waals surface area (Å²) in [4.78, 5) is 36.4. The number of nitrogens with one attached hydrogen (secondary N) is 3. The highest BCUT2D eigenvalue weighted by Gasteiger charge is 2.38. The predicted molar refractivity (Wildman–Crippen MR) is 109 cm³/mol. The normalized spacial score (nSPS) is 17.5. The number of para-hydroxylation sites is 2.